The smallest absolute Gasteiger partial charge is 1.00 e. The molecule has 18 heavy (non-hydrogen) atoms. The van der Waals surface area contributed by atoms with Gasteiger partial charge in [-0.25, -0.2) is 9.98 Å². The van der Waals surface area contributed by atoms with Crippen molar-refractivity contribution in [3.05, 3.63) is 34.0 Å². The standard InChI is InChI=1S/C10H3F3N4.Li.H/c11-10(12,13)9-16-7-1-5(3-14)6(4-15)2-8(7)17-9;;/h1-2,9H;;/q;+1;-1. The SMILES string of the molecule is N#Cc1cc2c(cc1C#N)=NC(C(F)(F)F)N=2.[H-].[Li+]. The topological polar surface area (TPSA) is 72.3 Å². The zero-order chi connectivity index (χ0) is 12.6. The molecule has 1 aromatic carbocycles. The average Bonchev–Trinajstić information content (AvgIpc) is 2.69. The van der Waals surface area contributed by atoms with E-state index in [1.165, 1.54) is 0 Å². The summed E-state index contributed by atoms with van der Waals surface area (Å²) in [6, 6.07) is 5.73. The van der Waals surface area contributed by atoms with E-state index in [0.717, 1.165) is 12.1 Å². The van der Waals surface area contributed by atoms with E-state index < -0.39 is 12.3 Å². The Hall–Kier alpha value is -1.81. The van der Waals surface area contributed by atoms with Crippen molar-refractivity contribution in [1.29, 1.82) is 10.5 Å². The monoisotopic (exact) mass is 244 g/mol. The Morgan fingerprint density at radius 3 is 1.72 bits per heavy atom. The molecule has 4 nitrogen and oxygen atoms in total. The van der Waals surface area contributed by atoms with Crippen molar-refractivity contribution in [3.8, 4) is 12.1 Å². The number of fused-ring (bicyclic) bond motifs is 1. The molecule has 0 atom stereocenters. The predicted octanol–water partition coefficient (Wildman–Crippen LogP) is -2.31. The molecule has 0 N–H and O–H groups in total. The maximum atomic E-state index is 12.4. The Balaban J connectivity index is 0.00000162. The molecule has 8 heteroatoms. The first-order valence-electron chi connectivity index (χ1n) is 4.42. The molecule has 2 rings (SSSR count). The van der Waals surface area contributed by atoms with Crippen LogP contribution in [0.1, 0.15) is 12.6 Å². The van der Waals surface area contributed by atoms with Gasteiger partial charge in [0.05, 0.1) is 21.8 Å². The van der Waals surface area contributed by atoms with Crippen LogP contribution in [0.2, 0.25) is 0 Å². The van der Waals surface area contributed by atoms with Gasteiger partial charge in [-0.3, -0.25) is 0 Å². The van der Waals surface area contributed by atoms with E-state index in [-0.39, 0.29) is 42.1 Å². The number of halogens is 3. The van der Waals surface area contributed by atoms with E-state index in [0.29, 0.717) is 0 Å². The molecule has 0 spiro atoms. The maximum absolute atomic E-state index is 12.4. The molecule has 0 fully saturated rings. The van der Waals surface area contributed by atoms with E-state index in [4.69, 9.17) is 10.5 Å². The molecule has 1 aliphatic rings. The summed E-state index contributed by atoms with van der Waals surface area (Å²) in [5.41, 5.74) is -0.0129. The summed E-state index contributed by atoms with van der Waals surface area (Å²) < 4.78 is 37.1. The molecular weight excluding hydrogens is 240 g/mol. The van der Waals surface area contributed by atoms with Gasteiger partial charge < -0.3 is 1.43 Å². The third kappa shape index (κ3) is 2.38. The molecule has 0 aliphatic carbocycles. The first-order chi connectivity index (χ1) is 7.95. The summed E-state index contributed by atoms with van der Waals surface area (Å²) in [6.07, 6.45) is -6.70. The summed E-state index contributed by atoms with van der Waals surface area (Å²) in [5.74, 6) is 0. The number of nitriles is 2. The van der Waals surface area contributed by atoms with Crippen LogP contribution in [0.3, 0.4) is 0 Å². The summed E-state index contributed by atoms with van der Waals surface area (Å²) in [5, 5.41) is 17.4. The molecule has 0 radical (unpaired) electrons. The Morgan fingerprint density at radius 2 is 1.44 bits per heavy atom. The summed E-state index contributed by atoms with van der Waals surface area (Å²) in [6.45, 7) is 0. The quantitative estimate of drug-likeness (QED) is 0.481. The van der Waals surface area contributed by atoms with Gasteiger partial charge in [0, 0.05) is 0 Å². The second-order valence-electron chi connectivity index (χ2n) is 3.28. The Kier molecular flexibility index (Phi) is 3.81. The van der Waals surface area contributed by atoms with Crippen LogP contribution in [0.4, 0.5) is 13.2 Å². The molecule has 1 heterocycles. The van der Waals surface area contributed by atoms with Gasteiger partial charge in [0.2, 0.25) is 6.17 Å². The van der Waals surface area contributed by atoms with Crippen molar-refractivity contribution < 1.29 is 33.5 Å². The largest absolute Gasteiger partial charge is 1.00 e. The minimum absolute atomic E-state index is 0. The van der Waals surface area contributed by atoms with Gasteiger partial charge in [-0.2, -0.15) is 23.7 Å². The summed E-state index contributed by atoms with van der Waals surface area (Å²) in [4.78, 5) is 6.71. The van der Waals surface area contributed by atoms with Crippen LogP contribution in [-0.4, -0.2) is 12.3 Å². The summed E-state index contributed by atoms with van der Waals surface area (Å²) >= 11 is 0. The minimum atomic E-state index is -4.56. The molecule has 86 valence electrons. The average molecular weight is 244 g/mol. The molecular formula is C10H4F3LiN4. The van der Waals surface area contributed by atoms with Gasteiger partial charge in [0.15, 0.2) is 0 Å². The first kappa shape index (κ1) is 14.2. The molecule has 1 aliphatic heterocycles. The van der Waals surface area contributed by atoms with Crippen molar-refractivity contribution in [3.63, 3.8) is 0 Å². The van der Waals surface area contributed by atoms with Gasteiger partial charge in [0.1, 0.15) is 12.1 Å². The van der Waals surface area contributed by atoms with Gasteiger partial charge in [0.25, 0.3) is 0 Å². The van der Waals surface area contributed by atoms with Crippen molar-refractivity contribution in [2.24, 2.45) is 9.98 Å². The van der Waals surface area contributed by atoms with E-state index in [1.54, 1.807) is 12.1 Å². The molecule has 0 saturated carbocycles. The third-order valence-electron chi connectivity index (χ3n) is 2.17. The van der Waals surface area contributed by atoms with Gasteiger partial charge >= 0.3 is 25.0 Å². The number of rotatable bonds is 0. The minimum Gasteiger partial charge on any atom is -1.00 e. The zero-order valence-corrected chi connectivity index (χ0v) is 9.15. The number of hydrogen-bond acceptors (Lipinski definition) is 4. The maximum Gasteiger partial charge on any atom is 1.00 e. The number of benzene rings is 1. The molecule has 0 unspecified atom stereocenters. The van der Waals surface area contributed by atoms with Crippen LogP contribution in [0.25, 0.3) is 0 Å². The number of nitrogens with zero attached hydrogens (tertiary/aromatic N) is 4. The zero-order valence-electron chi connectivity index (χ0n) is 10.2. The fourth-order valence-electron chi connectivity index (χ4n) is 1.41. The van der Waals surface area contributed by atoms with E-state index in [1.807, 2.05) is 0 Å². The molecule has 0 amide bonds. The Labute approximate surface area is 113 Å². The molecule has 0 bridgehead atoms. The van der Waals surface area contributed by atoms with Crippen molar-refractivity contribution in [2.45, 2.75) is 12.3 Å². The molecule has 0 saturated heterocycles. The fourth-order valence-corrected chi connectivity index (χ4v) is 1.41. The Bertz CT molecular complexity index is 634. The van der Waals surface area contributed by atoms with Gasteiger partial charge in [-0.05, 0) is 12.1 Å². The van der Waals surface area contributed by atoms with E-state index in [9.17, 15) is 13.2 Å². The normalized spacial score (nSPS) is 13.4. The fraction of sp³-hybridized carbons (Fsp3) is 0.200. The van der Waals surface area contributed by atoms with Crippen molar-refractivity contribution in [1.82, 2.24) is 0 Å². The molecule has 0 aromatic heterocycles. The number of hydrogen-bond donors (Lipinski definition) is 0. The van der Waals surface area contributed by atoms with Crippen molar-refractivity contribution >= 4 is 0 Å². The second kappa shape index (κ2) is 4.82. The van der Waals surface area contributed by atoms with Crippen LogP contribution in [0.5, 0.6) is 0 Å². The van der Waals surface area contributed by atoms with Crippen LogP contribution >= 0.6 is 0 Å². The van der Waals surface area contributed by atoms with Gasteiger partial charge in [-0.15, -0.1) is 0 Å². The predicted molar refractivity (Wildman–Crippen MR) is 49.1 cm³/mol. The van der Waals surface area contributed by atoms with Crippen molar-refractivity contribution in [2.75, 3.05) is 0 Å². The summed E-state index contributed by atoms with van der Waals surface area (Å²) in [7, 11) is 0. The van der Waals surface area contributed by atoms with Crippen LogP contribution < -0.4 is 29.6 Å². The van der Waals surface area contributed by atoms with Crippen LogP contribution in [0, 0.1) is 22.7 Å². The first-order valence-corrected chi connectivity index (χ1v) is 4.42. The third-order valence-corrected chi connectivity index (χ3v) is 2.17. The number of alkyl halides is 3. The van der Waals surface area contributed by atoms with Gasteiger partial charge in [-0.1, -0.05) is 0 Å². The molecule has 1 aromatic rings. The van der Waals surface area contributed by atoms with E-state index in [2.05, 4.69) is 9.98 Å². The van der Waals surface area contributed by atoms with Crippen LogP contribution in [0.15, 0.2) is 22.1 Å². The second-order valence-corrected chi connectivity index (χ2v) is 3.28. The van der Waals surface area contributed by atoms with E-state index >= 15 is 0 Å². The Morgan fingerprint density at radius 1 is 1.06 bits per heavy atom. The van der Waals surface area contributed by atoms with Crippen LogP contribution in [-0.2, 0) is 0 Å².